The number of carbonyl (C=O) groups excluding carboxylic acids is 1. The van der Waals surface area contributed by atoms with E-state index in [2.05, 4.69) is 35.0 Å². The number of amides is 1. The third kappa shape index (κ3) is 2.96. The Kier molecular flexibility index (Phi) is 4.65. The Morgan fingerprint density at radius 1 is 1.25 bits per heavy atom. The fourth-order valence-corrected chi connectivity index (χ4v) is 2.62. The van der Waals surface area contributed by atoms with Crippen molar-refractivity contribution in [1.82, 2.24) is 4.57 Å². The van der Waals surface area contributed by atoms with Crippen molar-refractivity contribution in [3.05, 3.63) is 52.3 Å². The molecule has 0 unspecified atom stereocenters. The molecule has 0 spiro atoms. The van der Waals surface area contributed by atoms with Crippen molar-refractivity contribution in [3.8, 4) is 0 Å². The Bertz CT molecular complexity index is 601. The summed E-state index contributed by atoms with van der Waals surface area (Å²) in [6.07, 6.45) is 2.94. The fourth-order valence-electron chi connectivity index (χ4n) is 2.16. The first-order valence-corrected chi connectivity index (χ1v) is 7.58. The molecule has 0 aliphatic heterocycles. The number of hydrogen-bond donors (Lipinski definition) is 0. The van der Waals surface area contributed by atoms with E-state index < -0.39 is 0 Å². The largest absolute Gasteiger partial charge is 0.343 e. The van der Waals surface area contributed by atoms with Crippen molar-refractivity contribution in [1.29, 1.82) is 0 Å². The molecular weight excluding hydrogens is 316 g/mol. The van der Waals surface area contributed by atoms with Gasteiger partial charge in [0.05, 0.1) is 0 Å². The molecule has 1 heterocycles. The molecule has 0 atom stereocenters. The van der Waals surface area contributed by atoms with Crippen molar-refractivity contribution >= 4 is 27.5 Å². The summed E-state index contributed by atoms with van der Waals surface area (Å²) in [4.78, 5) is 14.3. The van der Waals surface area contributed by atoms with Gasteiger partial charge >= 0.3 is 0 Å². The number of aryl methyl sites for hydroxylation is 2. The highest BCUT2D eigenvalue weighted by atomic mass is 79.9. The molecule has 106 valence electrons. The van der Waals surface area contributed by atoms with Gasteiger partial charge < -0.3 is 9.47 Å². The van der Waals surface area contributed by atoms with Crippen LogP contribution in [0.5, 0.6) is 0 Å². The molecule has 20 heavy (non-hydrogen) atoms. The second kappa shape index (κ2) is 6.27. The van der Waals surface area contributed by atoms with E-state index in [9.17, 15) is 4.79 Å². The van der Waals surface area contributed by atoms with Gasteiger partial charge in [-0.15, -0.1) is 0 Å². The minimum Gasteiger partial charge on any atom is -0.343 e. The van der Waals surface area contributed by atoms with Crippen LogP contribution in [0, 0.1) is 0 Å². The molecule has 0 saturated carbocycles. The predicted octanol–water partition coefficient (Wildman–Crippen LogP) is 4.11. The summed E-state index contributed by atoms with van der Waals surface area (Å²) in [6, 6.07) is 9.97. The number of benzene rings is 1. The number of carbonyl (C=O) groups is 1. The van der Waals surface area contributed by atoms with Gasteiger partial charge in [0.1, 0.15) is 5.69 Å². The lowest BCUT2D eigenvalue weighted by atomic mass is 10.1. The van der Waals surface area contributed by atoms with Crippen LogP contribution in [0.15, 0.2) is 41.0 Å². The molecule has 1 amide bonds. The van der Waals surface area contributed by atoms with Crippen molar-refractivity contribution in [2.24, 2.45) is 0 Å². The molecule has 0 bridgehead atoms. The second-order valence-electron chi connectivity index (χ2n) is 4.71. The average molecular weight is 335 g/mol. The topological polar surface area (TPSA) is 25.2 Å². The Hall–Kier alpha value is -1.55. The van der Waals surface area contributed by atoms with Crippen molar-refractivity contribution in [2.75, 3.05) is 11.9 Å². The van der Waals surface area contributed by atoms with E-state index in [0.717, 1.165) is 23.1 Å². The number of nitrogens with zero attached hydrogens (tertiary/aromatic N) is 2. The zero-order valence-corrected chi connectivity index (χ0v) is 13.6. The van der Waals surface area contributed by atoms with Gasteiger partial charge in [-0.3, -0.25) is 4.79 Å². The molecule has 1 aromatic carbocycles. The standard InChI is InChI=1S/C16H19BrN2O/c1-4-12-6-8-14(9-7-12)18(3)16(20)15-10-13(17)11-19(15)5-2/h6-11H,4-5H2,1-3H3. The van der Waals surface area contributed by atoms with Gasteiger partial charge in [-0.1, -0.05) is 19.1 Å². The molecule has 0 fully saturated rings. The van der Waals surface area contributed by atoms with Crippen LogP contribution in [0.4, 0.5) is 5.69 Å². The summed E-state index contributed by atoms with van der Waals surface area (Å²) in [5.41, 5.74) is 2.88. The third-order valence-corrected chi connectivity index (χ3v) is 3.89. The summed E-state index contributed by atoms with van der Waals surface area (Å²) < 4.78 is 2.88. The molecule has 4 heteroatoms. The highest BCUT2D eigenvalue weighted by Gasteiger charge is 2.17. The maximum Gasteiger partial charge on any atom is 0.274 e. The minimum absolute atomic E-state index is 0.00167. The van der Waals surface area contributed by atoms with Crippen LogP contribution in [-0.2, 0) is 13.0 Å². The van der Waals surface area contributed by atoms with E-state index >= 15 is 0 Å². The van der Waals surface area contributed by atoms with Gasteiger partial charge in [0, 0.05) is 29.9 Å². The Balaban J connectivity index is 2.27. The van der Waals surface area contributed by atoms with Crippen LogP contribution >= 0.6 is 15.9 Å². The van der Waals surface area contributed by atoms with E-state index in [4.69, 9.17) is 0 Å². The Morgan fingerprint density at radius 2 is 1.90 bits per heavy atom. The number of hydrogen-bond acceptors (Lipinski definition) is 1. The van der Waals surface area contributed by atoms with E-state index in [1.807, 2.05) is 42.9 Å². The lowest BCUT2D eigenvalue weighted by Crippen LogP contribution is -2.28. The number of halogens is 1. The van der Waals surface area contributed by atoms with Gasteiger partial charge in [-0.2, -0.15) is 0 Å². The first-order valence-electron chi connectivity index (χ1n) is 6.79. The number of anilines is 1. The van der Waals surface area contributed by atoms with Crippen LogP contribution in [0.2, 0.25) is 0 Å². The van der Waals surface area contributed by atoms with Crippen molar-refractivity contribution < 1.29 is 4.79 Å². The molecule has 3 nitrogen and oxygen atoms in total. The van der Waals surface area contributed by atoms with Gasteiger partial charge in [-0.05, 0) is 53.0 Å². The molecule has 0 saturated heterocycles. The monoisotopic (exact) mass is 334 g/mol. The molecule has 2 rings (SSSR count). The maximum absolute atomic E-state index is 12.6. The number of rotatable bonds is 4. The SMILES string of the molecule is CCc1ccc(N(C)C(=O)c2cc(Br)cn2CC)cc1. The van der Waals surface area contributed by atoms with Gasteiger partial charge in [0.2, 0.25) is 0 Å². The van der Waals surface area contributed by atoms with Crippen LogP contribution in [0.25, 0.3) is 0 Å². The summed E-state index contributed by atoms with van der Waals surface area (Å²) >= 11 is 3.42. The maximum atomic E-state index is 12.6. The first-order chi connectivity index (χ1) is 9.56. The summed E-state index contributed by atoms with van der Waals surface area (Å²) in [5, 5.41) is 0. The molecular formula is C16H19BrN2O. The molecule has 0 radical (unpaired) electrons. The smallest absolute Gasteiger partial charge is 0.274 e. The zero-order chi connectivity index (χ0) is 14.7. The van der Waals surface area contributed by atoms with Crippen LogP contribution in [0.3, 0.4) is 0 Å². The molecule has 1 aromatic heterocycles. The Labute approximate surface area is 128 Å². The minimum atomic E-state index is 0.00167. The van der Waals surface area contributed by atoms with Crippen molar-refractivity contribution in [3.63, 3.8) is 0 Å². The van der Waals surface area contributed by atoms with E-state index in [0.29, 0.717) is 5.69 Å². The third-order valence-electron chi connectivity index (χ3n) is 3.46. The molecule has 0 aliphatic rings. The summed E-state index contributed by atoms with van der Waals surface area (Å²) in [5.74, 6) is 0.00167. The highest BCUT2D eigenvalue weighted by molar-refractivity contribution is 9.10. The van der Waals surface area contributed by atoms with Gasteiger partial charge in [0.25, 0.3) is 5.91 Å². The number of aromatic nitrogens is 1. The fraction of sp³-hybridized carbons (Fsp3) is 0.312. The molecule has 0 aliphatic carbocycles. The first kappa shape index (κ1) is 14.9. The van der Waals surface area contributed by atoms with E-state index in [-0.39, 0.29) is 5.91 Å². The predicted molar refractivity (Wildman–Crippen MR) is 86.4 cm³/mol. The van der Waals surface area contributed by atoms with Crippen LogP contribution in [0.1, 0.15) is 29.9 Å². The van der Waals surface area contributed by atoms with Crippen molar-refractivity contribution in [2.45, 2.75) is 26.8 Å². The second-order valence-corrected chi connectivity index (χ2v) is 5.63. The highest BCUT2D eigenvalue weighted by Crippen LogP contribution is 2.20. The lowest BCUT2D eigenvalue weighted by molar-refractivity contribution is 0.0984. The van der Waals surface area contributed by atoms with E-state index in [1.165, 1.54) is 5.56 Å². The van der Waals surface area contributed by atoms with E-state index in [1.54, 1.807) is 4.90 Å². The normalized spacial score (nSPS) is 10.6. The van der Waals surface area contributed by atoms with Gasteiger partial charge in [-0.25, -0.2) is 0 Å². The average Bonchev–Trinajstić information content (AvgIpc) is 2.87. The quantitative estimate of drug-likeness (QED) is 0.825. The summed E-state index contributed by atoms with van der Waals surface area (Å²) in [7, 11) is 1.81. The molecule has 0 N–H and O–H groups in total. The Morgan fingerprint density at radius 3 is 2.45 bits per heavy atom. The summed E-state index contributed by atoms with van der Waals surface area (Å²) in [6.45, 7) is 4.92. The van der Waals surface area contributed by atoms with Crippen LogP contribution in [-0.4, -0.2) is 17.5 Å². The molecule has 2 aromatic rings. The zero-order valence-electron chi connectivity index (χ0n) is 12.1. The van der Waals surface area contributed by atoms with Gasteiger partial charge in [0.15, 0.2) is 0 Å². The van der Waals surface area contributed by atoms with Crippen LogP contribution < -0.4 is 4.90 Å². The lowest BCUT2D eigenvalue weighted by Gasteiger charge is -2.18.